The molecule has 0 aliphatic heterocycles. The van der Waals surface area contributed by atoms with Crippen LogP contribution in [0.3, 0.4) is 0 Å². The molecule has 1 fully saturated rings. The standard InChI is InChI=1S/C12H24ClNO2S/c1-12(2,3)9-17(15,16)14-8-10-4-6-11(13)7-5-10/h10-11,14H,4-9H2,1-3H3. The Hall–Kier alpha value is 0.200. The molecule has 17 heavy (non-hydrogen) atoms. The molecule has 0 amide bonds. The predicted octanol–water partition coefficient (Wildman–Crippen LogP) is 2.75. The van der Waals surface area contributed by atoms with Crippen molar-refractivity contribution in [2.75, 3.05) is 12.3 Å². The summed E-state index contributed by atoms with van der Waals surface area (Å²) in [7, 11) is -3.14. The lowest BCUT2D eigenvalue weighted by molar-refractivity contribution is 0.360. The minimum atomic E-state index is -3.14. The summed E-state index contributed by atoms with van der Waals surface area (Å²) >= 11 is 6.02. The van der Waals surface area contributed by atoms with Crippen molar-refractivity contribution in [1.29, 1.82) is 0 Å². The van der Waals surface area contributed by atoms with Gasteiger partial charge in [0, 0.05) is 11.9 Å². The molecule has 1 aliphatic carbocycles. The molecule has 1 rings (SSSR count). The van der Waals surface area contributed by atoms with Gasteiger partial charge in [-0.05, 0) is 37.0 Å². The van der Waals surface area contributed by atoms with Gasteiger partial charge < -0.3 is 0 Å². The summed E-state index contributed by atoms with van der Waals surface area (Å²) in [5.74, 6) is 0.643. The van der Waals surface area contributed by atoms with Crippen LogP contribution >= 0.6 is 11.6 Å². The van der Waals surface area contributed by atoms with Gasteiger partial charge in [-0.15, -0.1) is 11.6 Å². The number of alkyl halides is 1. The van der Waals surface area contributed by atoms with Gasteiger partial charge in [-0.25, -0.2) is 13.1 Å². The maximum absolute atomic E-state index is 11.8. The fraction of sp³-hybridized carbons (Fsp3) is 1.00. The Kier molecular flexibility index (Phi) is 5.29. The van der Waals surface area contributed by atoms with Crippen molar-refractivity contribution >= 4 is 21.6 Å². The van der Waals surface area contributed by atoms with Crippen molar-refractivity contribution in [2.45, 2.75) is 51.8 Å². The zero-order valence-corrected chi connectivity index (χ0v) is 12.6. The van der Waals surface area contributed by atoms with Gasteiger partial charge >= 0.3 is 0 Å². The summed E-state index contributed by atoms with van der Waals surface area (Å²) in [5, 5.41) is 0.289. The molecule has 0 spiro atoms. The topological polar surface area (TPSA) is 46.2 Å². The minimum Gasteiger partial charge on any atom is -0.215 e. The van der Waals surface area contributed by atoms with Crippen molar-refractivity contribution in [3.63, 3.8) is 0 Å². The third kappa shape index (κ3) is 6.63. The highest BCUT2D eigenvalue weighted by atomic mass is 35.5. The van der Waals surface area contributed by atoms with Crippen molar-refractivity contribution < 1.29 is 8.42 Å². The Labute approximate surface area is 110 Å². The third-order valence-corrected chi connectivity index (χ3v) is 5.28. The third-order valence-electron chi connectivity index (χ3n) is 2.99. The predicted molar refractivity (Wildman–Crippen MR) is 72.8 cm³/mol. The van der Waals surface area contributed by atoms with Crippen LogP contribution in [0.15, 0.2) is 0 Å². The Bertz CT molecular complexity index is 327. The number of hydrogen-bond donors (Lipinski definition) is 1. The first-order valence-electron chi connectivity index (χ1n) is 6.29. The molecule has 1 saturated carbocycles. The van der Waals surface area contributed by atoms with Gasteiger partial charge in [0.25, 0.3) is 0 Å². The van der Waals surface area contributed by atoms with Crippen LogP contribution in [0.1, 0.15) is 46.5 Å². The number of halogens is 1. The monoisotopic (exact) mass is 281 g/mol. The van der Waals surface area contributed by atoms with E-state index in [1.165, 1.54) is 0 Å². The van der Waals surface area contributed by atoms with Crippen molar-refractivity contribution in [3.05, 3.63) is 0 Å². The quantitative estimate of drug-likeness (QED) is 0.806. The molecule has 102 valence electrons. The van der Waals surface area contributed by atoms with Gasteiger partial charge in [0.15, 0.2) is 0 Å². The van der Waals surface area contributed by atoms with E-state index in [1.807, 2.05) is 20.8 Å². The number of nitrogens with one attached hydrogen (secondary N) is 1. The smallest absolute Gasteiger partial charge is 0.212 e. The fourth-order valence-corrected chi connectivity index (χ4v) is 4.18. The molecule has 0 radical (unpaired) electrons. The maximum atomic E-state index is 11.8. The Balaban J connectivity index is 2.35. The first-order chi connectivity index (χ1) is 7.68. The van der Waals surface area contributed by atoms with Crippen LogP contribution in [0.2, 0.25) is 0 Å². The van der Waals surface area contributed by atoms with Gasteiger partial charge in [0.1, 0.15) is 0 Å². The molecule has 0 atom stereocenters. The Morgan fingerprint density at radius 1 is 1.18 bits per heavy atom. The molecule has 0 aromatic carbocycles. The number of rotatable bonds is 4. The van der Waals surface area contributed by atoms with Gasteiger partial charge in [-0.2, -0.15) is 0 Å². The number of hydrogen-bond acceptors (Lipinski definition) is 2. The molecule has 1 aliphatic rings. The molecule has 0 heterocycles. The van der Waals surface area contributed by atoms with Crippen LogP contribution in [0.4, 0.5) is 0 Å². The van der Waals surface area contributed by atoms with E-state index in [0.717, 1.165) is 25.7 Å². The lowest BCUT2D eigenvalue weighted by Gasteiger charge is -2.26. The second-order valence-corrected chi connectivity index (χ2v) is 8.71. The molecule has 0 bridgehead atoms. The summed E-state index contributed by atoms with van der Waals surface area (Å²) in [4.78, 5) is 0. The normalized spacial score (nSPS) is 27.1. The summed E-state index contributed by atoms with van der Waals surface area (Å²) in [6.07, 6.45) is 4.08. The molecule has 0 aromatic heterocycles. The van der Waals surface area contributed by atoms with Gasteiger partial charge in [0.05, 0.1) is 5.75 Å². The van der Waals surface area contributed by atoms with Crippen LogP contribution < -0.4 is 4.72 Å². The van der Waals surface area contributed by atoms with Gasteiger partial charge in [-0.3, -0.25) is 0 Å². The Morgan fingerprint density at radius 3 is 2.18 bits per heavy atom. The van der Waals surface area contributed by atoms with Gasteiger partial charge in [-0.1, -0.05) is 20.8 Å². The molecular formula is C12H24ClNO2S. The van der Waals surface area contributed by atoms with Crippen molar-refractivity contribution in [2.24, 2.45) is 11.3 Å². The first kappa shape index (κ1) is 15.3. The zero-order chi connectivity index (χ0) is 13.1. The highest BCUT2D eigenvalue weighted by Crippen LogP contribution is 2.27. The molecule has 0 saturated heterocycles. The van der Waals surface area contributed by atoms with Gasteiger partial charge in [0.2, 0.25) is 10.0 Å². The zero-order valence-electron chi connectivity index (χ0n) is 11.0. The molecular weight excluding hydrogens is 258 g/mol. The minimum absolute atomic E-state index is 0.185. The molecule has 0 unspecified atom stereocenters. The first-order valence-corrected chi connectivity index (χ1v) is 8.38. The largest absolute Gasteiger partial charge is 0.215 e. The maximum Gasteiger partial charge on any atom is 0.212 e. The van der Waals surface area contributed by atoms with Crippen LogP contribution in [0.5, 0.6) is 0 Å². The SMILES string of the molecule is CC(C)(C)CS(=O)(=O)NCC1CCC(Cl)CC1. The van der Waals surface area contributed by atoms with E-state index in [-0.39, 0.29) is 16.5 Å². The fourth-order valence-electron chi connectivity index (χ4n) is 2.19. The number of sulfonamides is 1. The molecule has 3 nitrogen and oxygen atoms in total. The summed E-state index contributed by atoms with van der Waals surface area (Å²) in [6, 6.07) is 0. The molecule has 1 N–H and O–H groups in total. The van der Waals surface area contributed by atoms with Crippen LogP contribution in [0, 0.1) is 11.3 Å². The average Bonchev–Trinajstić information content (AvgIpc) is 2.13. The lowest BCUT2D eigenvalue weighted by atomic mass is 9.89. The van der Waals surface area contributed by atoms with E-state index in [4.69, 9.17) is 11.6 Å². The van der Waals surface area contributed by atoms with Crippen molar-refractivity contribution in [1.82, 2.24) is 4.72 Å². The van der Waals surface area contributed by atoms with E-state index < -0.39 is 10.0 Å². The van der Waals surface area contributed by atoms with Crippen LogP contribution in [0.25, 0.3) is 0 Å². The van der Waals surface area contributed by atoms with E-state index in [0.29, 0.717) is 12.5 Å². The second-order valence-electron chi connectivity index (χ2n) is 6.29. The second kappa shape index (κ2) is 5.89. The summed E-state index contributed by atoms with van der Waals surface area (Å²) in [5.41, 5.74) is -0.195. The molecule has 0 aromatic rings. The lowest BCUT2D eigenvalue weighted by Crippen LogP contribution is -2.36. The van der Waals surface area contributed by atoms with E-state index in [1.54, 1.807) is 0 Å². The van der Waals surface area contributed by atoms with Crippen molar-refractivity contribution in [3.8, 4) is 0 Å². The molecule has 5 heteroatoms. The van der Waals surface area contributed by atoms with Crippen LogP contribution in [-0.2, 0) is 10.0 Å². The van der Waals surface area contributed by atoms with Crippen LogP contribution in [-0.4, -0.2) is 26.1 Å². The van der Waals surface area contributed by atoms with E-state index >= 15 is 0 Å². The Morgan fingerprint density at radius 2 is 1.71 bits per heavy atom. The highest BCUT2D eigenvalue weighted by Gasteiger charge is 2.24. The summed E-state index contributed by atoms with van der Waals surface area (Å²) in [6.45, 7) is 6.38. The highest BCUT2D eigenvalue weighted by molar-refractivity contribution is 7.89. The van der Waals surface area contributed by atoms with E-state index in [9.17, 15) is 8.42 Å². The summed E-state index contributed by atoms with van der Waals surface area (Å²) < 4.78 is 26.4. The van der Waals surface area contributed by atoms with E-state index in [2.05, 4.69) is 4.72 Å². The average molecular weight is 282 g/mol.